The number of nitrogens with two attached hydrogens (primary N) is 1. The van der Waals surface area contributed by atoms with E-state index in [1.165, 1.54) is 23.9 Å². The number of amides is 1. The van der Waals surface area contributed by atoms with Crippen molar-refractivity contribution in [1.29, 1.82) is 0 Å². The highest BCUT2D eigenvalue weighted by atomic mass is 35.5. The highest BCUT2D eigenvalue weighted by Crippen LogP contribution is 2.34. The fraction of sp³-hybridized carbons (Fsp3) is 0.158. The summed E-state index contributed by atoms with van der Waals surface area (Å²) in [5.74, 6) is -0.00989. The molecule has 30 heavy (non-hydrogen) atoms. The number of benzene rings is 2. The van der Waals surface area contributed by atoms with Crippen LogP contribution in [-0.4, -0.2) is 37.5 Å². The molecule has 8 nitrogen and oxygen atoms in total. The third-order valence-electron chi connectivity index (χ3n) is 4.15. The zero-order valence-corrected chi connectivity index (χ0v) is 18.5. The van der Waals surface area contributed by atoms with E-state index in [2.05, 4.69) is 10.4 Å². The first kappa shape index (κ1) is 22.0. The normalized spacial score (nSPS) is 11.3. The van der Waals surface area contributed by atoms with Gasteiger partial charge in [0, 0.05) is 10.7 Å². The van der Waals surface area contributed by atoms with E-state index >= 15 is 0 Å². The molecule has 158 valence electrons. The van der Waals surface area contributed by atoms with Crippen molar-refractivity contribution in [2.45, 2.75) is 21.4 Å². The molecule has 0 saturated heterocycles. The Morgan fingerprint density at radius 3 is 2.57 bits per heavy atom. The number of hydrogen-bond acceptors (Lipinski definition) is 7. The molecule has 0 radical (unpaired) electrons. The van der Waals surface area contributed by atoms with Crippen LogP contribution in [-0.2, 0) is 21.2 Å². The predicted molar refractivity (Wildman–Crippen MR) is 117 cm³/mol. The van der Waals surface area contributed by atoms with E-state index in [0.717, 1.165) is 11.8 Å². The highest BCUT2D eigenvalue weighted by Gasteiger charge is 2.29. The second-order valence-corrected chi connectivity index (χ2v) is 9.24. The van der Waals surface area contributed by atoms with Gasteiger partial charge in [0.1, 0.15) is 28.0 Å². The first-order valence-corrected chi connectivity index (χ1v) is 11.7. The molecule has 3 aromatic rings. The topological polar surface area (TPSA) is 116 Å². The number of anilines is 2. The van der Waals surface area contributed by atoms with E-state index < -0.39 is 15.7 Å². The van der Waals surface area contributed by atoms with E-state index in [4.69, 9.17) is 22.1 Å². The molecule has 0 fully saturated rings. The minimum atomic E-state index is -3.95. The van der Waals surface area contributed by atoms with Gasteiger partial charge >= 0.3 is 0 Å². The molecule has 11 heteroatoms. The molecule has 1 heterocycles. The maximum absolute atomic E-state index is 13.2. The lowest BCUT2D eigenvalue weighted by Crippen LogP contribution is -2.21. The lowest BCUT2D eigenvalue weighted by Gasteiger charge is -2.08. The summed E-state index contributed by atoms with van der Waals surface area (Å²) in [5, 5.41) is 7.58. The molecule has 0 bridgehead atoms. The number of rotatable bonds is 7. The summed E-state index contributed by atoms with van der Waals surface area (Å²) in [6, 6.07) is 12.6. The van der Waals surface area contributed by atoms with Gasteiger partial charge < -0.3 is 15.8 Å². The summed E-state index contributed by atoms with van der Waals surface area (Å²) in [4.78, 5) is 12.3. The number of methoxy groups -OCH3 is 1. The van der Waals surface area contributed by atoms with E-state index in [1.54, 1.807) is 42.7 Å². The van der Waals surface area contributed by atoms with Gasteiger partial charge in [0.05, 0.1) is 12.0 Å². The van der Waals surface area contributed by atoms with Gasteiger partial charge in [0.2, 0.25) is 15.7 Å². The molecular formula is C19H19ClN4O4S2. The molecule has 2 aromatic carbocycles. The molecule has 1 aromatic heterocycles. The first-order chi connectivity index (χ1) is 14.3. The van der Waals surface area contributed by atoms with Gasteiger partial charge in [0.25, 0.3) is 0 Å². The molecule has 0 saturated carbocycles. The van der Waals surface area contributed by atoms with Crippen molar-refractivity contribution in [3.8, 4) is 5.75 Å². The Kier molecular flexibility index (Phi) is 6.59. The average Bonchev–Trinajstić information content (AvgIpc) is 3.04. The SMILES string of the molecule is COc1ccc(S(=O)(=O)c2c(SC)nn(CC(=O)Nc3cccc(Cl)c3)c2N)cc1. The van der Waals surface area contributed by atoms with Crippen LogP contribution in [0.1, 0.15) is 0 Å². The van der Waals surface area contributed by atoms with Gasteiger partial charge in [-0.1, -0.05) is 17.7 Å². The van der Waals surface area contributed by atoms with Crippen LogP contribution in [0.15, 0.2) is 63.3 Å². The number of carbonyl (C=O) groups is 1. The number of hydrogen-bond donors (Lipinski definition) is 2. The minimum absolute atomic E-state index is 0.0493. The van der Waals surface area contributed by atoms with Gasteiger partial charge in [-0.05, 0) is 48.7 Å². The van der Waals surface area contributed by atoms with Gasteiger partial charge in [-0.15, -0.1) is 11.8 Å². The molecule has 1 amide bonds. The van der Waals surface area contributed by atoms with Crippen molar-refractivity contribution < 1.29 is 17.9 Å². The molecule has 0 spiro atoms. The molecular weight excluding hydrogens is 448 g/mol. The zero-order valence-electron chi connectivity index (χ0n) is 16.1. The van der Waals surface area contributed by atoms with Crippen LogP contribution in [0, 0.1) is 0 Å². The minimum Gasteiger partial charge on any atom is -0.497 e. The summed E-state index contributed by atoms with van der Waals surface area (Å²) < 4.78 is 32.6. The lowest BCUT2D eigenvalue weighted by molar-refractivity contribution is -0.116. The standard InChI is InChI=1S/C19H19ClN4O4S2/c1-28-14-6-8-15(9-7-14)30(26,27)17-18(21)24(23-19(17)29-2)11-16(25)22-13-5-3-4-12(20)10-13/h3-10H,11,21H2,1-2H3,(H,22,25). The van der Waals surface area contributed by atoms with Crippen LogP contribution in [0.4, 0.5) is 11.5 Å². The summed E-state index contributed by atoms with van der Waals surface area (Å²) in [7, 11) is -2.46. The maximum atomic E-state index is 13.2. The molecule has 0 aliphatic rings. The zero-order chi connectivity index (χ0) is 21.9. The van der Waals surface area contributed by atoms with Crippen molar-refractivity contribution in [2.24, 2.45) is 0 Å². The average molecular weight is 467 g/mol. The van der Waals surface area contributed by atoms with Crippen LogP contribution >= 0.6 is 23.4 Å². The molecule has 0 atom stereocenters. The van der Waals surface area contributed by atoms with E-state index in [0.29, 0.717) is 16.5 Å². The van der Waals surface area contributed by atoms with Crippen molar-refractivity contribution >= 4 is 50.6 Å². The van der Waals surface area contributed by atoms with Crippen molar-refractivity contribution in [2.75, 3.05) is 24.4 Å². The summed E-state index contributed by atoms with van der Waals surface area (Å²) in [6.07, 6.45) is 1.69. The lowest BCUT2D eigenvalue weighted by atomic mass is 10.3. The number of nitrogen functional groups attached to an aromatic ring is 1. The van der Waals surface area contributed by atoms with Crippen molar-refractivity contribution in [3.63, 3.8) is 0 Å². The second-order valence-electron chi connectivity index (χ2n) is 6.12. The Hall–Kier alpha value is -2.69. The Balaban J connectivity index is 1.91. The van der Waals surface area contributed by atoms with Crippen molar-refractivity contribution in [1.82, 2.24) is 9.78 Å². The Labute approximate surface area is 183 Å². The number of thioether (sulfide) groups is 1. The number of aromatic nitrogens is 2. The number of ether oxygens (including phenoxy) is 1. The van der Waals surface area contributed by atoms with Crippen LogP contribution in [0.2, 0.25) is 5.02 Å². The third-order valence-corrected chi connectivity index (χ3v) is 7.02. The van der Waals surface area contributed by atoms with E-state index in [9.17, 15) is 13.2 Å². The fourth-order valence-corrected chi connectivity index (χ4v) is 5.34. The molecule has 3 rings (SSSR count). The monoisotopic (exact) mass is 466 g/mol. The Bertz CT molecular complexity index is 1180. The van der Waals surface area contributed by atoms with Crippen LogP contribution in [0.25, 0.3) is 0 Å². The Morgan fingerprint density at radius 2 is 1.97 bits per heavy atom. The van der Waals surface area contributed by atoms with Crippen molar-refractivity contribution in [3.05, 3.63) is 53.6 Å². The van der Waals surface area contributed by atoms with Gasteiger partial charge in [-0.25, -0.2) is 13.1 Å². The summed E-state index contributed by atoms with van der Waals surface area (Å²) in [6.45, 7) is -0.260. The number of carbonyl (C=O) groups excluding carboxylic acids is 1. The molecule has 0 aliphatic carbocycles. The maximum Gasteiger partial charge on any atom is 0.246 e. The number of halogens is 1. The fourth-order valence-electron chi connectivity index (χ4n) is 2.72. The third kappa shape index (κ3) is 4.55. The predicted octanol–water partition coefficient (Wildman–Crippen LogP) is 3.32. The summed E-state index contributed by atoms with van der Waals surface area (Å²) >= 11 is 7.05. The van der Waals surface area contributed by atoms with Crippen LogP contribution in [0.5, 0.6) is 5.75 Å². The van der Waals surface area contributed by atoms with Gasteiger partial charge in [-0.3, -0.25) is 4.79 Å². The number of sulfone groups is 1. The molecule has 3 N–H and O–H groups in total. The smallest absolute Gasteiger partial charge is 0.246 e. The molecule has 0 unspecified atom stereocenters. The molecule has 0 aliphatic heterocycles. The number of nitrogens with zero attached hydrogens (tertiary/aromatic N) is 2. The van der Waals surface area contributed by atoms with Gasteiger partial charge in [-0.2, -0.15) is 5.10 Å². The van der Waals surface area contributed by atoms with Gasteiger partial charge in [0.15, 0.2) is 0 Å². The van der Waals surface area contributed by atoms with E-state index in [-0.39, 0.29) is 27.2 Å². The van der Waals surface area contributed by atoms with Crippen LogP contribution in [0.3, 0.4) is 0 Å². The number of nitrogens with one attached hydrogen (secondary N) is 1. The highest BCUT2D eigenvalue weighted by molar-refractivity contribution is 7.99. The summed E-state index contributed by atoms with van der Waals surface area (Å²) in [5.41, 5.74) is 6.62. The quantitative estimate of drug-likeness (QED) is 0.513. The first-order valence-electron chi connectivity index (χ1n) is 8.61. The Morgan fingerprint density at radius 1 is 1.27 bits per heavy atom. The van der Waals surface area contributed by atoms with E-state index in [1.807, 2.05) is 0 Å². The second kappa shape index (κ2) is 8.99. The van der Waals surface area contributed by atoms with Crippen LogP contribution < -0.4 is 15.8 Å². The largest absolute Gasteiger partial charge is 0.497 e.